The van der Waals surface area contributed by atoms with E-state index >= 15 is 0 Å². The van der Waals surface area contributed by atoms with Gasteiger partial charge in [0.25, 0.3) is 11.8 Å². The van der Waals surface area contributed by atoms with E-state index in [1.165, 1.54) is 17.4 Å². The van der Waals surface area contributed by atoms with Crippen molar-refractivity contribution in [1.29, 1.82) is 0 Å². The number of amides is 2. The van der Waals surface area contributed by atoms with Crippen molar-refractivity contribution in [1.82, 2.24) is 5.32 Å². The fraction of sp³-hybridized carbons (Fsp3) is 0. The number of para-hydroxylation sites is 1. The quantitative estimate of drug-likeness (QED) is 0.665. The van der Waals surface area contributed by atoms with Gasteiger partial charge in [-0.1, -0.05) is 12.1 Å². The number of hydrogen-bond donors (Lipinski definition) is 2. The van der Waals surface area contributed by atoms with Crippen LogP contribution in [0.3, 0.4) is 0 Å². The van der Waals surface area contributed by atoms with E-state index in [2.05, 4.69) is 5.32 Å². The predicted octanol–water partition coefficient (Wildman–Crippen LogP) is 2.30. The lowest BCUT2D eigenvalue weighted by Crippen LogP contribution is -2.29. The smallest absolute Gasteiger partial charge is 0.260 e. The molecule has 0 radical (unpaired) electrons. The van der Waals surface area contributed by atoms with E-state index in [4.69, 9.17) is 5.73 Å². The minimum atomic E-state index is -0.502. The third kappa shape index (κ3) is 3.53. The average Bonchev–Trinajstić information content (AvgIpc) is 2.90. The first-order valence-corrected chi connectivity index (χ1v) is 6.51. The number of thiophene rings is 1. The molecule has 2 amide bonds. The van der Waals surface area contributed by atoms with Crippen LogP contribution in [0.4, 0.5) is 5.69 Å². The van der Waals surface area contributed by atoms with Crippen molar-refractivity contribution in [3.05, 3.63) is 58.3 Å². The number of nitrogens with one attached hydrogen (secondary N) is 1. The Bertz CT molecular complexity index is 618. The standard InChI is InChI=1S/C14H12N2O2S/c15-12-4-2-1-3-11(12)14(18)16-13(17)6-5-10-7-8-19-9-10/h1-9H,15H2,(H,16,17,18)/b6-5+. The van der Waals surface area contributed by atoms with Gasteiger partial charge in [0.1, 0.15) is 0 Å². The normalized spacial score (nSPS) is 10.5. The van der Waals surface area contributed by atoms with Crippen LogP contribution < -0.4 is 11.1 Å². The highest BCUT2D eigenvalue weighted by Crippen LogP contribution is 2.10. The van der Waals surface area contributed by atoms with E-state index in [-0.39, 0.29) is 0 Å². The molecule has 19 heavy (non-hydrogen) atoms. The number of hydrogen-bond acceptors (Lipinski definition) is 4. The molecule has 1 aromatic heterocycles. The van der Waals surface area contributed by atoms with Crippen LogP contribution in [0.1, 0.15) is 15.9 Å². The first kappa shape index (κ1) is 13.0. The summed E-state index contributed by atoms with van der Waals surface area (Å²) in [5.41, 5.74) is 7.22. The summed E-state index contributed by atoms with van der Waals surface area (Å²) >= 11 is 1.54. The molecular weight excluding hydrogens is 260 g/mol. The molecule has 0 aliphatic rings. The molecule has 1 heterocycles. The van der Waals surface area contributed by atoms with Crippen LogP contribution in [-0.4, -0.2) is 11.8 Å². The molecular formula is C14H12N2O2S. The SMILES string of the molecule is Nc1ccccc1C(=O)NC(=O)/C=C/c1ccsc1. The lowest BCUT2D eigenvalue weighted by atomic mass is 10.1. The molecule has 0 spiro atoms. The number of nitrogen functional groups attached to an aromatic ring is 1. The second-order valence-electron chi connectivity index (χ2n) is 3.80. The highest BCUT2D eigenvalue weighted by atomic mass is 32.1. The van der Waals surface area contributed by atoms with Gasteiger partial charge in [-0.25, -0.2) is 0 Å². The molecule has 1 aromatic carbocycles. The Morgan fingerprint density at radius 1 is 1.21 bits per heavy atom. The minimum Gasteiger partial charge on any atom is -0.398 e. The van der Waals surface area contributed by atoms with Gasteiger partial charge in [-0.15, -0.1) is 0 Å². The Morgan fingerprint density at radius 3 is 2.68 bits per heavy atom. The fourth-order valence-electron chi connectivity index (χ4n) is 1.47. The lowest BCUT2D eigenvalue weighted by molar-refractivity contribution is -0.115. The molecule has 96 valence electrons. The maximum absolute atomic E-state index is 11.8. The number of nitrogens with two attached hydrogens (primary N) is 1. The van der Waals surface area contributed by atoms with Crippen LogP contribution >= 0.6 is 11.3 Å². The number of imide groups is 1. The Kier molecular flexibility index (Phi) is 4.10. The Labute approximate surface area is 114 Å². The molecule has 0 aliphatic heterocycles. The van der Waals surface area contributed by atoms with E-state index < -0.39 is 11.8 Å². The lowest BCUT2D eigenvalue weighted by Gasteiger charge is -2.03. The van der Waals surface area contributed by atoms with Crippen LogP contribution in [0, 0.1) is 0 Å². The monoisotopic (exact) mass is 272 g/mol. The molecule has 0 unspecified atom stereocenters. The van der Waals surface area contributed by atoms with Gasteiger partial charge in [-0.05, 0) is 40.6 Å². The van der Waals surface area contributed by atoms with Crippen molar-refractivity contribution in [3.8, 4) is 0 Å². The predicted molar refractivity (Wildman–Crippen MR) is 76.7 cm³/mol. The van der Waals surface area contributed by atoms with Gasteiger partial charge in [-0.2, -0.15) is 11.3 Å². The summed E-state index contributed by atoms with van der Waals surface area (Å²) in [6, 6.07) is 8.48. The molecule has 0 atom stereocenters. The van der Waals surface area contributed by atoms with E-state index in [1.54, 1.807) is 30.3 Å². The number of benzene rings is 1. The number of carbonyl (C=O) groups excluding carboxylic acids is 2. The average molecular weight is 272 g/mol. The van der Waals surface area contributed by atoms with Gasteiger partial charge in [0.05, 0.1) is 5.56 Å². The summed E-state index contributed by atoms with van der Waals surface area (Å²) in [5, 5.41) is 6.07. The number of carbonyl (C=O) groups is 2. The van der Waals surface area contributed by atoms with Crippen molar-refractivity contribution < 1.29 is 9.59 Å². The molecule has 0 aliphatic carbocycles. The van der Waals surface area contributed by atoms with E-state index in [9.17, 15) is 9.59 Å². The number of anilines is 1. The minimum absolute atomic E-state index is 0.291. The molecule has 5 heteroatoms. The second-order valence-corrected chi connectivity index (χ2v) is 4.58. The van der Waals surface area contributed by atoms with Crippen molar-refractivity contribution in [3.63, 3.8) is 0 Å². The first-order valence-electron chi connectivity index (χ1n) is 5.57. The molecule has 2 rings (SSSR count). The highest BCUT2D eigenvalue weighted by molar-refractivity contribution is 7.08. The zero-order valence-corrected chi connectivity index (χ0v) is 10.8. The van der Waals surface area contributed by atoms with Crippen LogP contribution in [0.25, 0.3) is 6.08 Å². The van der Waals surface area contributed by atoms with Gasteiger partial charge in [-0.3, -0.25) is 14.9 Å². The molecule has 4 nitrogen and oxygen atoms in total. The molecule has 0 saturated carbocycles. The first-order chi connectivity index (χ1) is 9.16. The summed E-state index contributed by atoms with van der Waals surface area (Å²) < 4.78 is 0. The Hall–Kier alpha value is -2.40. The topological polar surface area (TPSA) is 72.2 Å². The van der Waals surface area contributed by atoms with E-state index in [0.29, 0.717) is 11.3 Å². The third-order valence-electron chi connectivity index (χ3n) is 2.41. The molecule has 0 fully saturated rings. The zero-order valence-electron chi connectivity index (χ0n) is 10.00. The van der Waals surface area contributed by atoms with Gasteiger partial charge < -0.3 is 5.73 Å². The van der Waals surface area contributed by atoms with Gasteiger partial charge in [0, 0.05) is 11.8 Å². The van der Waals surface area contributed by atoms with Gasteiger partial charge in [0.2, 0.25) is 0 Å². The van der Waals surface area contributed by atoms with E-state index in [1.807, 2.05) is 16.8 Å². The van der Waals surface area contributed by atoms with Crippen LogP contribution in [0.5, 0.6) is 0 Å². The second kappa shape index (κ2) is 5.97. The highest BCUT2D eigenvalue weighted by Gasteiger charge is 2.10. The van der Waals surface area contributed by atoms with Crippen LogP contribution in [0.15, 0.2) is 47.2 Å². The molecule has 3 N–H and O–H groups in total. The fourth-order valence-corrected chi connectivity index (χ4v) is 2.09. The third-order valence-corrected chi connectivity index (χ3v) is 3.11. The number of rotatable bonds is 3. The largest absolute Gasteiger partial charge is 0.398 e. The summed E-state index contributed by atoms with van der Waals surface area (Å²) in [4.78, 5) is 23.4. The molecule has 0 bridgehead atoms. The summed E-state index contributed by atoms with van der Waals surface area (Å²) in [6.45, 7) is 0. The van der Waals surface area contributed by atoms with E-state index in [0.717, 1.165) is 5.56 Å². The summed E-state index contributed by atoms with van der Waals surface area (Å²) in [5.74, 6) is -0.975. The van der Waals surface area contributed by atoms with Gasteiger partial charge >= 0.3 is 0 Å². The van der Waals surface area contributed by atoms with Crippen molar-refractivity contribution in [2.24, 2.45) is 0 Å². The maximum Gasteiger partial charge on any atom is 0.260 e. The van der Waals surface area contributed by atoms with Crippen LogP contribution in [0.2, 0.25) is 0 Å². The van der Waals surface area contributed by atoms with Crippen molar-refractivity contribution in [2.75, 3.05) is 5.73 Å². The van der Waals surface area contributed by atoms with Crippen molar-refractivity contribution in [2.45, 2.75) is 0 Å². The van der Waals surface area contributed by atoms with Crippen LogP contribution in [-0.2, 0) is 4.79 Å². The van der Waals surface area contributed by atoms with Gasteiger partial charge in [0.15, 0.2) is 0 Å². The van der Waals surface area contributed by atoms with Crippen molar-refractivity contribution >= 4 is 34.9 Å². The zero-order chi connectivity index (χ0) is 13.7. The maximum atomic E-state index is 11.8. The summed E-state index contributed by atoms with van der Waals surface area (Å²) in [7, 11) is 0. The Balaban J connectivity index is 2.00. The summed E-state index contributed by atoms with van der Waals surface area (Å²) in [6.07, 6.45) is 2.96. The molecule has 0 saturated heterocycles. The molecule has 2 aromatic rings. The Morgan fingerprint density at radius 2 is 2.00 bits per heavy atom.